The minimum Gasteiger partial charge on any atom is -0.396 e. The third-order valence-corrected chi connectivity index (χ3v) is 3.04. The van der Waals surface area contributed by atoms with E-state index < -0.39 is 0 Å². The number of hydrogen-bond donors (Lipinski definition) is 3. The van der Waals surface area contributed by atoms with Gasteiger partial charge in [0, 0.05) is 19.1 Å². The monoisotopic (exact) mass is 268 g/mol. The quantitative estimate of drug-likeness (QED) is 0.665. The predicted molar refractivity (Wildman–Crippen MR) is 72.9 cm³/mol. The zero-order chi connectivity index (χ0) is 14.3. The molecule has 1 atom stereocenters. The molecule has 108 valence electrons. The van der Waals surface area contributed by atoms with Gasteiger partial charge in [-0.05, 0) is 18.8 Å². The van der Waals surface area contributed by atoms with E-state index in [2.05, 4.69) is 27.4 Å². The molecule has 0 aromatic carbocycles. The number of aliphatic hydroxyl groups excluding tert-OH is 1. The molecule has 0 bridgehead atoms. The number of H-pyrrole nitrogens is 1. The van der Waals surface area contributed by atoms with E-state index in [1.807, 2.05) is 13.8 Å². The van der Waals surface area contributed by atoms with Gasteiger partial charge < -0.3 is 10.4 Å². The molecule has 1 heterocycles. The van der Waals surface area contributed by atoms with Crippen molar-refractivity contribution < 1.29 is 9.90 Å². The van der Waals surface area contributed by atoms with Crippen molar-refractivity contribution in [2.24, 2.45) is 5.92 Å². The number of nitrogens with one attached hydrogen (secondary N) is 2. The lowest BCUT2D eigenvalue weighted by Crippen LogP contribution is -2.30. The van der Waals surface area contributed by atoms with Gasteiger partial charge in [0.25, 0.3) is 5.91 Å². The van der Waals surface area contributed by atoms with Crippen LogP contribution in [0.5, 0.6) is 0 Å². The van der Waals surface area contributed by atoms with E-state index >= 15 is 0 Å². The summed E-state index contributed by atoms with van der Waals surface area (Å²) in [7, 11) is 0. The highest BCUT2D eigenvalue weighted by atomic mass is 16.3. The summed E-state index contributed by atoms with van der Waals surface area (Å²) in [5.41, 5.74) is 0. The number of aliphatic hydroxyl groups is 1. The zero-order valence-corrected chi connectivity index (χ0v) is 11.9. The number of hydrogen-bond acceptors (Lipinski definition) is 4. The Labute approximate surface area is 114 Å². The maximum atomic E-state index is 11.9. The number of carbonyl (C=O) groups excluding carboxylic acids is 1. The summed E-state index contributed by atoms with van der Waals surface area (Å²) in [4.78, 5) is 16.0. The second kappa shape index (κ2) is 7.89. The molecule has 0 radical (unpaired) electrons. The van der Waals surface area contributed by atoms with Crippen LogP contribution in [0, 0.1) is 5.92 Å². The molecule has 3 N–H and O–H groups in total. The number of carbonyl (C=O) groups is 1. The van der Waals surface area contributed by atoms with Crippen LogP contribution in [0.3, 0.4) is 0 Å². The van der Waals surface area contributed by atoms with Crippen molar-refractivity contribution in [2.45, 2.75) is 46.0 Å². The first-order valence-electron chi connectivity index (χ1n) is 6.89. The van der Waals surface area contributed by atoms with Crippen LogP contribution in [0.15, 0.2) is 0 Å². The molecule has 6 heteroatoms. The SMILES string of the molecule is CCCC(CCO)CNC(=O)c1n[nH]c(C(C)C)n1. The Morgan fingerprint density at radius 3 is 2.68 bits per heavy atom. The molecule has 1 aromatic heterocycles. The van der Waals surface area contributed by atoms with Crippen LogP contribution < -0.4 is 5.32 Å². The van der Waals surface area contributed by atoms with Crippen LogP contribution >= 0.6 is 0 Å². The highest BCUT2D eigenvalue weighted by Crippen LogP contribution is 2.10. The summed E-state index contributed by atoms with van der Waals surface area (Å²) in [6.45, 7) is 6.77. The normalized spacial score (nSPS) is 12.7. The van der Waals surface area contributed by atoms with Crippen LogP contribution in [0.1, 0.15) is 62.4 Å². The topological polar surface area (TPSA) is 90.9 Å². The Bertz CT molecular complexity index is 384. The second-order valence-electron chi connectivity index (χ2n) is 5.08. The average Bonchev–Trinajstić information content (AvgIpc) is 2.86. The zero-order valence-electron chi connectivity index (χ0n) is 11.9. The van der Waals surface area contributed by atoms with Gasteiger partial charge in [-0.15, -0.1) is 5.10 Å². The van der Waals surface area contributed by atoms with Gasteiger partial charge in [-0.3, -0.25) is 9.89 Å². The number of amides is 1. The summed E-state index contributed by atoms with van der Waals surface area (Å²) < 4.78 is 0. The van der Waals surface area contributed by atoms with Gasteiger partial charge in [-0.2, -0.15) is 0 Å². The van der Waals surface area contributed by atoms with Crippen LogP contribution in [0.2, 0.25) is 0 Å². The number of aromatic amines is 1. The summed E-state index contributed by atoms with van der Waals surface area (Å²) in [6.07, 6.45) is 2.74. The Balaban J connectivity index is 2.48. The van der Waals surface area contributed by atoms with Gasteiger partial charge in [0.05, 0.1) is 0 Å². The highest BCUT2D eigenvalue weighted by Gasteiger charge is 2.15. The summed E-state index contributed by atoms with van der Waals surface area (Å²) in [5, 5.41) is 18.5. The molecule has 19 heavy (non-hydrogen) atoms. The molecule has 0 fully saturated rings. The summed E-state index contributed by atoms with van der Waals surface area (Å²) in [5.74, 6) is 1.16. The predicted octanol–water partition coefficient (Wildman–Crippen LogP) is 1.46. The molecule has 1 amide bonds. The highest BCUT2D eigenvalue weighted by molar-refractivity contribution is 5.90. The van der Waals surface area contributed by atoms with Gasteiger partial charge >= 0.3 is 0 Å². The number of aromatic nitrogens is 3. The number of nitrogens with zero attached hydrogens (tertiary/aromatic N) is 2. The third-order valence-electron chi connectivity index (χ3n) is 3.04. The van der Waals surface area contributed by atoms with Gasteiger partial charge in [0.1, 0.15) is 5.82 Å². The maximum absolute atomic E-state index is 11.9. The minimum atomic E-state index is -0.262. The first-order valence-corrected chi connectivity index (χ1v) is 6.89. The Morgan fingerprint density at radius 2 is 2.16 bits per heavy atom. The van der Waals surface area contributed by atoms with Crippen molar-refractivity contribution in [1.29, 1.82) is 0 Å². The lowest BCUT2D eigenvalue weighted by Gasteiger charge is -2.14. The maximum Gasteiger partial charge on any atom is 0.290 e. The molecule has 6 nitrogen and oxygen atoms in total. The molecule has 0 aliphatic heterocycles. The molecular weight excluding hydrogens is 244 g/mol. The van der Waals surface area contributed by atoms with E-state index in [0.717, 1.165) is 12.8 Å². The average molecular weight is 268 g/mol. The lowest BCUT2D eigenvalue weighted by atomic mass is 10.0. The number of rotatable bonds is 8. The van der Waals surface area contributed by atoms with Crippen LogP contribution in [0.4, 0.5) is 0 Å². The molecule has 1 aromatic rings. The molecule has 0 spiro atoms. The van der Waals surface area contributed by atoms with Crippen molar-refractivity contribution in [2.75, 3.05) is 13.2 Å². The van der Waals surface area contributed by atoms with Crippen molar-refractivity contribution in [3.63, 3.8) is 0 Å². The van der Waals surface area contributed by atoms with Gasteiger partial charge in [-0.1, -0.05) is 27.2 Å². The van der Waals surface area contributed by atoms with E-state index in [1.54, 1.807) is 0 Å². The fraction of sp³-hybridized carbons (Fsp3) is 0.769. The first-order chi connectivity index (χ1) is 9.08. The largest absolute Gasteiger partial charge is 0.396 e. The molecule has 0 aliphatic carbocycles. The van der Waals surface area contributed by atoms with Gasteiger partial charge in [0.15, 0.2) is 0 Å². The van der Waals surface area contributed by atoms with Gasteiger partial charge in [-0.25, -0.2) is 4.98 Å². The van der Waals surface area contributed by atoms with E-state index in [0.29, 0.717) is 24.7 Å². The molecule has 1 rings (SSSR count). The van der Waals surface area contributed by atoms with Crippen molar-refractivity contribution in [1.82, 2.24) is 20.5 Å². The Morgan fingerprint density at radius 1 is 1.42 bits per heavy atom. The van der Waals surface area contributed by atoms with Crippen LogP contribution in [-0.2, 0) is 0 Å². The van der Waals surface area contributed by atoms with Crippen LogP contribution in [-0.4, -0.2) is 39.3 Å². The second-order valence-corrected chi connectivity index (χ2v) is 5.08. The summed E-state index contributed by atoms with van der Waals surface area (Å²) >= 11 is 0. The smallest absolute Gasteiger partial charge is 0.290 e. The Kier molecular flexibility index (Phi) is 6.49. The standard InChI is InChI=1S/C13H24N4O2/c1-4-5-10(6-7-18)8-14-13(19)12-15-11(9(2)3)16-17-12/h9-10,18H,4-8H2,1-3H3,(H,14,19)(H,15,16,17). The molecular formula is C13H24N4O2. The van der Waals surface area contributed by atoms with E-state index in [9.17, 15) is 4.79 Å². The van der Waals surface area contributed by atoms with Crippen molar-refractivity contribution >= 4 is 5.91 Å². The third kappa shape index (κ3) is 4.98. The van der Waals surface area contributed by atoms with Crippen LogP contribution in [0.25, 0.3) is 0 Å². The first kappa shape index (κ1) is 15.6. The van der Waals surface area contributed by atoms with Crippen molar-refractivity contribution in [3.05, 3.63) is 11.6 Å². The van der Waals surface area contributed by atoms with Gasteiger partial charge in [0.2, 0.25) is 5.82 Å². The van der Waals surface area contributed by atoms with E-state index in [1.165, 1.54) is 0 Å². The summed E-state index contributed by atoms with van der Waals surface area (Å²) in [6, 6.07) is 0. The fourth-order valence-electron chi connectivity index (χ4n) is 1.89. The Hall–Kier alpha value is -1.43. The minimum absolute atomic E-state index is 0.151. The molecule has 0 aliphatic rings. The molecule has 0 saturated heterocycles. The fourth-order valence-corrected chi connectivity index (χ4v) is 1.89. The lowest BCUT2D eigenvalue weighted by molar-refractivity contribution is 0.0933. The van der Waals surface area contributed by atoms with E-state index in [-0.39, 0.29) is 24.3 Å². The molecule has 1 unspecified atom stereocenters. The van der Waals surface area contributed by atoms with Crippen molar-refractivity contribution in [3.8, 4) is 0 Å². The molecule has 0 saturated carbocycles. The van der Waals surface area contributed by atoms with E-state index in [4.69, 9.17) is 5.11 Å².